The standard InChI is InChI=1S/C10H21NO2/c1-8(6-12)4-5-10(11-3)9(2)7-13/h7-8,10-13H,4-6H2,1-3H3/b9-7+. The van der Waals surface area contributed by atoms with Crippen LogP contribution in [-0.4, -0.2) is 29.9 Å². The van der Waals surface area contributed by atoms with Crippen molar-refractivity contribution in [3.8, 4) is 0 Å². The van der Waals surface area contributed by atoms with E-state index in [4.69, 9.17) is 10.2 Å². The Labute approximate surface area is 80.5 Å². The van der Waals surface area contributed by atoms with E-state index in [1.807, 2.05) is 20.9 Å². The van der Waals surface area contributed by atoms with Gasteiger partial charge in [0.15, 0.2) is 0 Å². The summed E-state index contributed by atoms with van der Waals surface area (Å²) in [5, 5.41) is 20.8. The second-order valence-corrected chi connectivity index (χ2v) is 3.58. The Kier molecular flexibility index (Phi) is 6.63. The van der Waals surface area contributed by atoms with Gasteiger partial charge in [-0.25, -0.2) is 0 Å². The molecule has 3 heteroatoms. The van der Waals surface area contributed by atoms with Crippen LogP contribution in [0.3, 0.4) is 0 Å². The van der Waals surface area contributed by atoms with Gasteiger partial charge in [-0.05, 0) is 38.3 Å². The van der Waals surface area contributed by atoms with Gasteiger partial charge in [0.1, 0.15) is 0 Å². The molecule has 78 valence electrons. The lowest BCUT2D eigenvalue weighted by Crippen LogP contribution is -2.27. The van der Waals surface area contributed by atoms with Gasteiger partial charge in [0.2, 0.25) is 0 Å². The second-order valence-electron chi connectivity index (χ2n) is 3.58. The average Bonchev–Trinajstić information content (AvgIpc) is 2.17. The molecule has 0 rings (SSSR count). The molecule has 0 aliphatic rings. The topological polar surface area (TPSA) is 52.5 Å². The quantitative estimate of drug-likeness (QED) is 0.552. The molecule has 0 heterocycles. The number of likely N-dealkylation sites (N-methyl/N-ethyl adjacent to an activating group) is 1. The van der Waals surface area contributed by atoms with Crippen LogP contribution in [0.1, 0.15) is 26.7 Å². The van der Waals surface area contributed by atoms with E-state index < -0.39 is 0 Å². The molecule has 0 radical (unpaired) electrons. The molecule has 13 heavy (non-hydrogen) atoms. The zero-order chi connectivity index (χ0) is 10.3. The summed E-state index contributed by atoms with van der Waals surface area (Å²) < 4.78 is 0. The summed E-state index contributed by atoms with van der Waals surface area (Å²) in [7, 11) is 1.88. The van der Waals surface area contributed by atoms with Gasteiger partial charge in [0.05, 0.1) is 6.26 Å². The van der Waals surface area contributed by atoms with E-state index in [1.165, 1.54) is 0 Å². The van der Waals surface area contributed by atoms with Crippen LogP contribution in [-0.2, 0) is 0 Å². The SMILES string of the molecule is CNC(CCC(C)CO)/C(C)=C/O. The highest BCUT2D eigenvalue weighted by atomic mass is 16.3. The summed E-state index contributed by atoms with van der Waals surface area (Å²) in [5.74, 6) is 0.336. The zero-order valence-electron chi connectivity index (χ0n) is 8.75. The molecule has 0 amide bonds. The summed E-state index contributed by atoms with van der Waals surface area (Å²) in [4.78, 5) is 0. The molecule has 3 N–H and O–H groups in total. The Balaban J connectivity index is 3.85. The normalized spacial score (nSPS) is 17.1. The van der Waals surface area contributed by atoms with Gasteiger partial charge in [-0.1, -0.05) is 6.92 Å². The Hall–Kier alpha value is -0.540. The van der Waals surface area contributed by atoms with E-state index in [2.05, 4.69) is 5.32 Å². The third kappa shape index (κ3) is 4.90. The maximum absolute atomic E-state index is 8.83. The average molecular weight is 187 g/mol. The number of hydrogen-bond acceptors (Lipinski definition) is 3. The number of rotatable bonds is 6. The van der Waals surface area contributed by atoms with Crippen molar-refractivity contribution in [2.45, 2.75) is 32.7 Å². The summed E-state index contributed by atoms with van der Waals surface area (Å²) in [5.41, 5.74) is 0.938. The number of aliphatic hydroxyl groups is 2. The van der Waals surface area contributed by atoms with E-state index >= 15 is 0 Å². The molecule has 0 aliphatic heterocycles. The molecule has 3 nitrogen and oxygen atoms in total. The van der Waals surface area contributed by atoms with Crippen LogP contribution in [0.15, 0.2) is 11.8 Å². The first-order valence-electron chi connectivity index (χ1n) is 4.74. The third-order valence-corrected chi connectivity index (χ3v) is 2.36. The highest BCUT2D eigenvalue weighted by molar-refractivity contribution is 5.03. The first-order valence-corrected chi connectivity index (χ1v) is 4.74. The molecule has 2 unspecified atom stereocenters. The van der Waals surface area contributed by atoms with Gasteiger partial charge in [0, 0.05) is 12.6 Å². The fourth-order valence-corrected chi connectivity index (χ4v) is 1.23. The van der Waals surface area contributed by atoms with Gasteiger partial charge < -0.3 is 15.5 Å². The second kappa shape index (κ2) is 6.92. The highest BCUT2D eigenvalue weighted by Gasteiger charge is 2.10. The fourth-order valence-electron chi connectivity index (χ4n) is 1.23. The molecule has 0 saturated carbocycles. The largest absolute Gasteiger partial charge is 0.516 e. The van der Waals surface area contributed by atoms with E-state index in [1.54, 1.807) is 0 Å². The molecule has 0 aromatic rings. The lowest BCUT2D eigenvalue weighted by molar-refractivity contribution is 0.225. The number of aliphatic hydroxyl groups excluding tert-OH is 2. The molecular weight excluding hydrogens is 166 g/mol. The Bertz CT molecular complexity index is 157. The lowest BCUT2D eigenvalue weighted by atomic mass is 9.99. The minimum absolute atomic E-state index is 0.221. The van der Waals surface area contributed by atoms with Gasteiger partial charge in [-0.3, -0.25) is 0 Å². The number of hydrogen-bond donors (Lipinski definition) is 3. The molecule has 0 aromatic heterocycles. The van der Waals surface area contributed by atoms with Crippen molar-refractivity contribution in [3.63, 3.8) is 0 Å². The Morgan fingerprint density at radius 3 is 2.46 bits per heavy atom. The van der Waals surface area contributed by atoms with E-state index in [0.29, 0.717) is 5.92 Å². The summed E-state index contributed by atoms with van der Waals surface area (Å²) in [6.45, 7) is 4.15. The van der Waals surface area contributed by atoms with Gasteiger partial charge >= 0.3 is 0 Å². The molecule has 2 atom stereocenters. The van der Waals surface area contributed by atoms with Crippen molar-refractivity contribution in [2.75, 3.05) is 13.7 Å². The first kappa shape index (κ1) is 12.5. The predicted molar refractivity (Wildman–Crippen MR) is 54.7 cm³/mol. The Morgan fingerprint density at radius 2 is 2.08 bits per heavy atom. The Morgan fingerprint density at radius 1 is 1.46 bits per heavy atom. The van der Waals surface area contributed by atoms with E-state index in [-0.39, 0.29) is 12.6 Å². The fraction of sp³-hybridized carbons (Fsp3) is 0.800. The first-order chi connectivity index (χ1) is 6.15. The lowest BCUT2D eigenvalue weighted by Gasteiger charge is -2.17. The minimum Gasteiger partial charge on any atom is -0.516 e. The monoisotopic (exact) mass is 187 g/mol. The van der Waals surface area contributed by atoms with Crippen LogP contribution in [0.25, 0.3) is 0 Å². The van der Waals surface area contributed by atoms with Gasteiger partial charge in [-0.15, -0.1) is 0 Å². The summed E-state index contributed by atoms with van der Waals surface area (Å²) in [6.07, 6.45) is 3.05. The highest BCUT2D eigenvalue weighted by Crippen LogP contribution is 2.12. The molecule has 0 aromatic carbocycles. The van der Waals surface area contributed by atoms with Crippen molar-refractivity contribution in [3.05, 3.63) is 11.8 Å². The van der Waals surface area contributed by atoms with Crippen LogP contribution in [0, 0.1) is 5.92 Å². The minimum atomic E-state index is 0.221. The maximum atomic E-state index is 8.83. The molecule has 0 saturated heterocycles. The van der Waals surface area contributed by atoms with Crippen LogP contribution in [0.2, 0.25) is 0 Å². The van der Waals surface area contributed by atoms with Crippen molar-refractivity contribution in [1.29, 1.82) is 0 Å². The van der Waals surface area contributed by atoms with Gasteiger partial charge in [-0.2, -0.15) is 0 Å². The van der Waals surface area contributed by atoms with Crippen molar-refractivity contribution < 1.29 is 10.2 Å². The molecule has 0 bridgehead atoms. The maximum Gasteiger partial charge on any atom is 0.0796 e. The van der Waals surface area contributed by atoms with Crippen LogP contribution < -0.4 is 5.32 Å². The molecule has 0 aliphatic carbocycles. The van der Waals surface area contributed by atoms with Gasteiger partial charge in [0.25, 0.3) is 0 Å². The summed E-state index contributed by atoms with van der Waals surface area (Å²) in [6, 6.07) is 0.221. The van der Waals surface area contributed by atoms with Crippen molar-refractivity contribution in [2.24, 2.45) is 5.92 Å². The molecule has 0 fully saturated rings. The number of nitrogens with one attached hydrogen (secondary N) is 1. The van der Waals surface area contributed by atoms with Crippen molar-refractivity contribution in [1.82, 2.24) is 5.32 Å². The summed E-state index contributed by atoms with van der Waals surface area (Å²) >= 11 is 0. The molecule has 0 spiro atoms. The van der Waals surface area contributed by atoms with Crippen molar-refractivity contribution >= 4 is 0 Å². The van der Waals surface area contributed by atoms with Crippen LogP contribution >= 0.6 is 0 Å². The third-order valence-electron chi connectivity index (χ3n) is 2.36. The molecular formula is C10H21NO2. The zero-order valence-corrected chi connectivity index (χ0v) is 8.75. The van der Waals surface area contributed by atoms with Crippen LogP contribution in [0.5, 0.6) is 0 Å². The van der Waals surface area contributed by atoms with E-state index in [9.17, 15) is 0 Å². The van der Waals surface area contributed by atoms with Crippen LogP contribution in [0.4, 0.5) is 0 Å². The van der Waals surface area contributed by atoms with E-state index in [0.717, 1.165) is 24.7 Å². The smallest absolute Gasteiger partial charge is 0.0796 e. The predicted octanol–water partition coefficient (Wildman–Crippen LogP) is 1.44.